The van der Waals surface area contributed by atoms with E-state index in [4.69, 9.17) is 22.9 Å². The highest BCUT2D eigenvalue weighted by Crippen LogP contribution is 2.18. The molecule has 0 bridgehead atoms. The van der Waals surface area contributed by atoms with E-state index < -0.39 is 0 Å². The van der Waals surface area contributed by atoms with Gasteiger partial charge in [0, 0.05) is 24.2 Å². The van der Waals surface area contributed by atoms with Gasteiger partial charge >= 0.3 is 0 Å². The van der Waals surface area contributed by atoms with Crippen molar-refractivity contribution < 1.29 is 0 Å². The molecule has 0 rings (SSSR count). The third-order valence-corrected chi connectivity index (χ3v) is 5.30. The zero-order valence-corrected chi connectivity index (χ0v) is 16.8. The average Bonchev–Trinajstić information content (AvgIpc) is 2.62. The molecule has 25 heavy (non-hydrogen) atoms. The van der Waals surface area contributed by atoms with E-state index in [0.717, 1.165) is 51.4 Å². The van der Waals surface area contributed by atoms with E-state index >= 15 is 0 Å². The minimum atomic E-state index is -0.0899. The van der Waals surface area contributed by atoms with Gasteiger partial charge in [-0.05, 0) is 51.4 Å². The molecular formula is C18H41N7. The molecule has 7 nitrogen and oxygen atoms in total. The SMILES string of the molecule is CCC(N)(CC)CCCN=C(N)NC(N)=NCCCC(N)(CC)CC. The van der Waals surface area contributed by atoms with Gasteiger partial charge < -0.3 is 22.9 Å². The molecule has 0 radical (unpaired) electrons. The van der Waals surface area contributed by atoms with Gasteiger partial charge in [-0.25, -0.2) is 0 Å². The Hall–Kier alpha value is -1.34. The fourth-order valence-electron chi connectivity index (χ4n) is 2.68. The van der Waals surface area contributed by atoms with Crippen LogP contribution in [-0.2, 0) is 0 Å². The first kappa shape index (κ1) is 23.7. The maximum Gasteiger partial charge on any atom is 0.195 e. The molecule has 0 aromatic carbocycles. The van der Waals surface area contributed by atoms with Crippen molar-refractivity contribution in [2.45, 2.75) is 90.1 Å². The van der Waals surface area contributed by atoms with E-state index in [0.29, 0.717) is 25.0 Å². The number of hydrogen-bond acceptors (Lipinski definition) is 4. The topological polar surface area (TPSA) is 141 Å². The lowest BCUT2D eigenvalue weighted by atomic mass is 9.89. The predicted octanol–water partition coefficient (Wildman–Crippen LogP) is 1.80. The van der Waals surface area contributed by atoms with Crippen molar-refractivity contribution in [2.75, 3.05) is 13.1 Å². The highest BCUT2D eigenvalue weighted by Gasteiger charge is 2.19. The fourth-order valence-corrected chi connectivity index (χ4v) is 2.68. The van der Waals surface area contributed by atoms with Crippen LogP contribution in [-0.4, -0.2) is 36.1 Å². The minimum Gasteiger partial charge on any atom is -0.370 e. The normalized spacial score (nSPS) is 14.0. The van der Waals surface area contributed by atoms with E-state index in [9.17, 15) is 0 Å². The molecule has 0 saturated carbocycles. The highest BCUT2D eigenvalue weighted by atomic mass is 15.2. The molecule has 0 unspecified atom stereocenters. The summed E-state index contributed by atoms with van der Waals surface area (Å²) < 4.78 is 0. The lowest BCUT2D eigenvalue weighted by Gasteiger charge is -2.26. The van der Waals surface area contributed by atoms with Crippen LogP contribution in [0.4, 0.5) is 0 Å². The first-order chi connectivity index (χ1) is 11.7. The van der Waals surface area contributed by atoms with Crippen molar-refractivity contribution in [2.24, 2.45) is 32.9 Å². The highest BCUT2D eigenvalue weighted by molar-refractivity contribution is 5.96. The maximum atomic E-state index is 6.27. The standard InChI is InChI=1S/C18H41N7/c1-5-17(21,6-2)11-9-13-23-15(19)25-16(20)24-14-10-12-18(22,7-3)8-4/h5-14,21-22H2,1-4H3,(H5,19,20,23,24,25). The molecule has 0 amide bonds. The second kappa shape index (κ2) is 12.1. The summed E-state index contributed by atoms with van der Waals surface area (Å²) >= 11 is 0. The molecule has 9 N–H and O–H groups in total. The van der Waals surface area contributed by atoms with Crippen LogP contribution < -0.4 is 28.3 Å². The van der Waals surface area contributed by atoms with Crippen LogP contribution in [0, 0.1) is 0 Å². The number of nitrogens with zero attached hydrogens (tertiary/aromatic N) is 2. The second-order valence-corrected chi connectivity index (χ2v) is 7.00. The Balaban J connectivity index is 4.13. The number of nitrogens with two attached hydrogens (primary N) is 4. The molecule has 7 heteroatoms. The van der Waals surface area contributed by atoms with Gasteiger partial charge in [0.25, 0.3) is 0 Å². The van der Waals surface area contributed by atoms with Crippen LogP contribution >= 0.6 is 0 Å². The van der Waals surface area contributed by atoms with Gasteiger partial charge in [0.15, 0.2) is 11.9 Å². The Morgan fingerprint density at radius 1 is 0.720 bits per heavy atom. The minimum absolute atomic E-state index is 0.0899. The lowest BCUT2D eigenvalue weighted by molar-refractivity contribution is 0.359. The number of nitrogens with one attached hydrogen (secondary N) is 1. The first-order valence-corrected chi connectivity index (χ1v) is 9.68. The lowest BCUT2D eigenvalue weighted by Crippen LogP contribution is -2.42. The molecule has 0 aliphatic heterocycles. The first-order valence-electron chi connectivity index (χ1n) is 9.68. The van der Waals surface area contributed by atoms with Crippen LogP contribution in [0.3, 0.4) is 0 Å². The average molecular weight is 356 g/mol. The Kier molecular flexibility index (Phi) is 11.4. The summed E-state index contributed by atoms with van der Waals surface area (Å²) in [6.07, 6.45) is 7.59. The summed E-state index contributed by atoms with van der Waals surface area (Å²) in [5.74, 6) is 0.597. The van der Waals surface area contributed by atoms with E-state index in [1.54, 1.807) is 0 Å². The fraction of sp³-hybridized carbons (Fsp3) is 0.889. The van der Waals surface area contributed by atoms with E-state index in [-0.39, 0.29) is 11.1 Å². The van der Waals surface area contributed by atoms with Crippen molar-refractivity contribution in [3.8, 4) is 0 Å². The summed E-state index contributed by atoms with van der Waals surface area (Å²) in [6, 6.07) is 0. The Labute approximate surface area is 154 Å². The van der Waals surface area contributed by atoms with Crippen LogP contribution in [0.15, 0.2) is 9.98 Å². The molecule has 0 saturated heterocycles. The third kappa shape index (κ3) is 10.3. The summed E-state index contributed by atoms with van der Waals surface area (Å²) in [6.45, 7) is 9.75. The number of aliphatic imine (C=N–C) groups is 2. The molecular weight excluding hydrogens is 314 g/mol. The van der Waals surface area contributed by atoms with Gasteiger partial charge in [0.2, 0.25) is 0 Å². The van der Waals surface area contributed by atoms with Gasteiger partial charge in [0.1, 0.15) is 0 Å². The van der Waals surface area contributed by atoms with Gasteiger partial charge in [-0.3, -0.25) is 15.3 Å². The van der Waals surface area contributed by atoms with Gasteiger partial charge in [-0.1, -0.05) is 27.7 Å². The second-order valence-electron chi connectivity index (χ2n) is 7.00. The third-order valence-electron chi connectivity index (χ3n) is 5.30. The molecule has 0 atom stereocenters. The number of guanidine groups is 2. The summed E-state index contributed by atoms with van der Waals surface area (Å²) in [5, 5.41) is 2.82. The smallest absolute Gasteiger partial charge is 0.195 e. The Bertz CT molecular complexity index is 372. The molecule has 0 aromatic rings. The molecule has 0 spiro atoms. The van der Waals surface area contributed by atoms with E-state index in [2.05, 4.69) is 43.0 Å². The van der Waals surface area contributed by atoms with Gasteiger partial charge in [-0.15, -0.1) is 0 Å². The molecule has 0 aliphatic rings. The van der Waals surface area contributed by atoms with Crippen LogP contribution in [0.1, 0.15) is 79.1 Å². The van der Waals surface area contributed by atoms with Crippen molar-refractivity contribution in [3.05, 3.63) is 0 Å². The summed E-state index contributed by atoms with van der Waals surface area (Å²) in [4.78, 5) is 8.55. The number of hydrogen-bond donors (Lipinski definition) is 5. The van der Waals surface area contributed by atoms with Crippen molar-refractivity contribution >= 4 is 11.9 Å². The molecule has 0 aromatic heterocycles. The molecule has 148 valence electrons. The zero-order chi connectivity index (χ0) is 19.3. The summed E-state index contributed by atoms with van der Waals surface area (Å²) in [7, 11) is 0. The van der Waals surface area contributed by atoms with Gasteiger partial charge in [-0.2, -0.15) is 0 Å². The van der Waals surface area contributed by atoms with Crippen molar-refractivity contribution in [1.82, 2.24) is 5.32 Å². The number of rotatable bonds is 12. The van der Waals surface area contributed by atoms with Crippen LogP contribution in [0.2, 0.25) is 0 Å². The van der Waals surface area contributed by atoms with Crippen LogP contribution in [0.25, 0.3) is 0 Å². The zero-order valence-electron chi connectivity index (χ0n) is 16.8. The van der Waals surface area contributed by atoms with Gasteiger partial charge in [0.05, 0.1) is 0 Å². The Morgan fingerprint density at radius 2 is 1.04 bits per heavy atom. The molecule has 0 fully saturated rings. The Morgan fingerprint density at radius 3 is 1.32 bits per heavy atom. The monoisotopic (exact) mass is 355 g/mol. The molecule has 0 heterocycles. The van der Waals surface area contributed by atoms with E-state index in [1.807, 2.05) is 0 Å². The quantitative estimate of drug-likeness (QED) is 0.206. The molecule has 0 aliphatic carbocycles. The van der Waals surface area contributed by atoms with Crippen molar-refractivity contribution in [1.29, 1.82) is 0 Å². The van der Waals surface area contributed by atoms with E-state index in [1.165, 1.54) is 0 Å². The predicted molar refractivity (Wildman–Crippen MR) is 110 cm³/mol. The maximum absolute atomic E-state index is 6.27. The summed E-state index contributed by atoms with van der Waals surface area (Å²) in [5.41, 5.74) is 24.0. The van der Waals surface area contributed by atoms with Crippen LogP contribution in [0.5, 0.6) is 0 Å². The van der Waals surface area contributed by atoms with Crippen molar-refractivity contribution in [3.63, 3.8) is 0 Å². The largest absolute Gasteiger partial charge is 0.370 e.